The number of allylic oxidation sites excluding steroid dienone is 7. The molecule has 4 heteroatoms. The van der Waals surface area contributed by atoms with Crippen molar-refractivity contribution in [3.05, 3.63) is 58.6 Å². The molecule has 2 fully saturated rings. The molecular formula is C28H42O3S. The normalized spacial score (nSPS) is 33.1. The molecule has 0 amide bonds. The molecule has 0 aromatic heterocycles. The summed E-state index contributed by atoms with van der Waals surface area (Å²) in [5, 5.41) is 11.5. The second-order valence-corrected chi connectivity index (χ2v) is 13.9. The van der Waals surface area contributed by atoms with Gasteiger partial charge >= 0.3 is 0 Å². The zero-order valence-electron chi connectivity index (χ0n) is 20.7. The lowest BCUT2D eigenvalue weighted by Gasteiger charge is -2.42. The highest BCUT2D eigenvalue weighted by Gasteiger charge is 2.45. The highest BCUT2D eigenvalue weighted by molar-refractivity contribution is 7.95. The molecule has 0 spiro atoms. The van der Waals surface area contributed by atoms with Crippen LogP contribution >= 0.6 is 0 Å². The Labute approximate surface area is 196 Å². The summed E-state index contributed by atoms with van der Waals surface area (Å²) in [6, 6.07) is 0. The van der Waals surface area contributed by atoms with Gasteiger partial charge in [-0.25, -0.2) is 8.42 Å². The van der Waals surface area contributed by atoms with Crippen molar-refractivity contribution < 1.29 is 13.5 Å². The van der Waals surface area contributed by atoms with Gasteiger partial charge in [-0.2, -0.15) is 0 Å². The standard InChI is InChI=1S/C28H42O3S/c1-20-11-14-24(29)19-23(20)13-12-22-10-7-17-28(6)25(15-16-26(22)28)21(2)9-8-18-32(30,31)27(3,4)5/h8,12-13,15,18,21,24,26,29H,1,7,9-11,14,16-17,19H2,2-6H3/t21-,24+,26+,28-/m1/s1. The van der Waals surface area contributed by atoms with Crippen molar-refractivity contribution in [2.45, 2.75) is 96.8 Å². The fraction of sp³-hybridized carbons (Fsp3) is 0.643. The van der Waals surface area contributed by atoms with Crippen LogP contribution in [0.2, 0.25) is 0 Å². The Bertz CT molecular complexity index is 955. The minimum atomic E-state index is -3.23. The predicted molar refractivity (Wildman–Crippen MR) is 135 cm³/mol. The Morgan fingerprint density at radius 1 is 1.28 bits per heavy atom. The van der Waals surface area contributed by atoms with Crippen molar-refractivity contribution in [2.24, 2.45) is 17.3 Å². The van der Waals surface area contributed by atoms with E-state index in [9.17, 15) is 13.5 Å². The minimum Gasteiger partial charge on any atom is -0.393 e. The van der Waals surface area contributed by atoms with Crippen molar-refractivity contribution in [3.63, 3.8) is 0 Å². The molecule has 0 saturated heterocycles. The molecule has 32 heavy (non-hydrogen) atoms. The molecule has 2 saturated carbocycles. The van der Waals surface area contributed by atoms with Gasteiger partial charge in [-0.1, -0.05) is 61.4 Å². The lowest BCUT2D eigenvalue weighted by molar-refractivity contribution is 0.158. The molecule has 0 aromatic carbocycles. The first-order valence-corrected chi connectivity index (χ1v) is 13.8. The Morgan fingerprint density at radius 3 is 2.69 bits per heavy atom. The van der Waals surface area contributed by atoms with Gasteiger partial charge in [0, 0.05) is 5.41 Å². The molecule has 3 nitrogen and oxygen atoms in total. The summed E-state index contributed by atoms with van der Waals surface area (Å²) in [4.78, 5) is 0. The van der Waals surface area contributed by atoms with E-state index < -0.39 is 14.6 Å². The van der Waals surface area contributed by atoms with E-state index in [2.05, 4.69) is 38.7 Å². The molecule has 0 radical (unpaired) electrons. The molecule has 0 unspecified atom stereocenters. The summed E-state index contributed by atoms with van der Waals surface area (Å²) in [6.07, 6.45) is 16.3. The Morgan fingerprint density at radius 2 is 2.00 bits per heavy atom. The molecule has 0 aromatic rings. The molecule has 3 aliphatic carbocycles. The molecule has 3 aliphatic rings. The smallest absolute Gasteiger partial charge is 0.176 e. The summed E-state index contributed by atoms with van der Waals surface area (Å²) >= 11 is 0. The Kier molecular flexibility index (Phi) is 7.46. The molecular weight excluding hydrogens is 416 g/mol. The molecule has 0 heterocycles. The Hall–Kier alpha value is -1.39. The topological polar surface area (TPSA) is 54.4 Å². The summed E-state index contributed by atoms with van der Waals surface area (Å²) in [5.41, 5.74) is 5.54. The first-order chi connectivity index (χ1) is 14.8. The van der Waals surface area contributed by atoms with Gasteiger partial charge < -0.3 is 5.11 Å². The van der Waals surface area contributed by atoms with Crippen LogP contribution in [0.1, 0.15) is 86.0 Å². The fourth-order valence-corrected chi connectivity index (χ4v) is 6.50. The third kappa shape index (κ3) is 5.22. The van der Waals surface area contributed by atoms with Gasteiger partial charge in [0.05, 0.1) is 10.9 Å². The van der Waals surface area contributed by atoms with Crippen molar-refractivity contribution in [1.29, 1.82) is 0 Å². The van der Waals surface area contributed by atoms with Crippen LogP contribution in [0.4, 0.5) is 0 Å². The number of aliphatic hydroxyl groups is 1. The van der Waals surface area contributed by atoms with Gasteiger partial charge in [0.2, 0.25) is 0 Å². The van der Waals surface area contributed by atoms with Crippen LogP contribution in [0.15, 0.2) is 58.6 Å². The summed E-state index contributed by atoms with van der Waals surface area (Å²) in [5.74, 6) is 0.858. The number of fused-ring (bicyclic) bond motifs is 1. The van der Waals surface area contributed by atoms with E-state index in [4.69, 9.17) is 0 Å². The number of hydrogen-bond acceptors (Lipinski definition) is 3. The van der Waals surface area contributed by atoms with Crippen LogP contribution in [0, 0.1) is 17.3 Å². The monoisotopic (exact) mass is 458 g/mol. The molecule has 0 aliphatic heterocycles. The van der Waals surface area contributed by atoms with Gasteiger partial charge in [0.1, 0.15) is 0 Å². The van der Waals surface area contributed by atoms with E-state index in [1.807, 2.05) is 6.08 Å². The van der Waals surface area contributed by atoms with Crippen molar-refractivity contribution in [3.8, 4) is 0 Å². The molecule has 3 rings (SSSR count). The van der Waals surface area contributed by atoms with Crippen molar-refractivity contribution >= 4 is 9.84 Å². The maximum Gasteiger partial charge on any atom is 0.176 e. The average molecular weight is 459 g/mol. The van der Waals surface area contributed by atoms with E-state index in [-0.39, 0.29) is 11.5 Å². The molecule has 0 bridgehead atoms. The number of sulfone groups is 1. The third-order valence-corrected chi connectivity index (χ3v) is 10.2. The van der Waals surface area contributed by atoms with Crippen molar-refractivity contribution in [1.82, 2.24) is 0 Å². The largest absolute Gasteiger partial charge is 0.393 e. The maximum absolute atomic E-state index is 12.4. The second-order valence-electron chi connectivity index (χ2n) is 11.3. The van der Waals surface area contributed by atoms with E-state index in [1.54, 1.807) is 20.8 Å². The second kappa shape index (κ2) is 9.46. The van der Waals surface area contributed by atoms with Gasteiger partial charge in [0.15, 0.2) is 9.84 Å². The van der Waals surface area contributed by atoms with Gasteiger partial charge in [-0.15, -0.1) is 0 Å². The molecule has 4 atom stereocenters. The zero-order chi connectivity index (χ0) is 23.7. The highest BCUT2D eigenvalue weighted by atomic mass is 32.2. The van der Waals surface area contributed by atoms with Gasteiger partial charge in [-0.05, 0) is 95.0 Å². The van der Waals surface area contributed by atoms with Gasteiger partial charge in [0.25, 0.3) is 0 Å². The molecule has 1 N–H and O–H groups in total. The third-order valence-electron chi connectivity index (χ3n) is 7.95. The van der Waals surface area contributed by atoms with Crippen LogP contribution in [0.3, 0.4) is 0 Å². The van der Waals surface area contributed by atoms with E-state index in [1.165, 1.54) is 40.5 Å². The summed E-state index contributed by atoms with van der Waals surface area (Å²) in [7, 11) is -3.23. The van der Waals surface area contributed by atoms with Crippen LogP contribution < -0.4 is 0 Å². The van der Waals surface area contributed by atoms with Crippen LogP contribution in [-0.2, 0) is 9.84 Å². The van der Waals surface area contributed by atoms with E-state index in [0.717, 1.165) is 38.5 Å². The fourth-order valence-electron chi connectivity index (χ4n) is 5.73. The molecule has 178 valence electrons. The first kappa shape index (κ1) is 25.2. The van der Waals surface area contributed by atoms with E-state index in [0.29, 0.717) is 11.8 Å². The zero-order valence-corrected chi connectivity index (χ0v) is 21.5. The first-order valence-electron chi connectivity index (χ1n) is 12.2. The number of rotatable bonds is 5. The summed E-state index contributed by atoms with van der Waals surface area (Å²) < 4.78 is 24.0. The van der Waals surface area contributed by atoms with Crippen LogP contribution in [-0.4, -0.2) is 24.4 Å². The van der Waals surface area contributed by atoms with Crippen LogP contribution in [0.5, 0.6) is 0 Å². The SMILES string of the molecule is C=C1CC[C@H](O)CC1=CC=C1CCC[C@]2(C)C([C@H](C)CC=CS(=O)(=O)C(C)(C)C)=CC[C@@H]12. The number of aliphatic hydroxyl groups excluding tert-OH is 1. The summed E-state index contributed by atoms with van der Waals surface area (Å²) in [6.45, 7) is 14.1. The lowest BCUT2D eigenvalue weighted by atomic mass is 9.62. The van der Waals surface area contributed by atoms with Crippen molar-refractivity contribution in [2.75, 3.05) is 0 Å². The minimum absolute atomic E-state index is 0.155. The average Bonchev–Trinajstić information content (AvgIpc) is 3.05. The predicted octanol–water partition coefficient (Wildman–Crippen LogP) is 6.83. The quantitative estimate of drug-likeness (QED) is 0.459. The lowest BCUT2D eigenvalue weighted by Crippen LogP contribution is -2.32. The Balaban J connectivity index is 1.73. The maximum atomic E-state index is 12.4. The van der Waals surface area contributed by atoms with Crippen LogP contribution in [0.25, 0.3) is 0 Å². The van der Waals surface area contributed by atoms with Gasteiger partial charge in [-0.3, -0.25) is 0 Å². The van der Waals surface area contributed by atoms with E-state index >= 15 is 0 Å². The number of hydrogen-bond donors (Lipinski definition) is 1. The highest BCUT2D eigenvalue weighted by Crippen LogP contribution is 2.57.